The molecule has 350 valence electrons. The fourth-order valence-corrected chi connectivity index (χ4v) is 9.22. The number of nitrogens with zero attached hydrogens (tertiary/aromatic N) is 3. The SMILES string of the molecule is COCCOCC[N+](CCCS(=O)(=O)[O-])=c1ccc2c(/C=C/C=C3/N(CCCCCC(=O)ON4C(=O)CCC4=O)c4ccc(S(=O)(=O)[O-])cc4C3(C)CCCS(=O)(=O)[O-])ccoc-2c1.[Na+].[Na+]. The van der Waals surface area contributed by atoms with Gasteiger partial charge in [0, 0.05) is 79.3 Å². The molecule has 0 aromatic heterocycles. The van der Waals surface area contributed by atoms with Crippen molar-refractivity contribution in [3.05, 3.63) is 83.1 Å². The van der Waals surface area contributed by atoms with Crippen LogP contribution in [0.5, 0.6) is 0 Å². The van der Waals surface area contributed by atoms with Gasteiger partial charge in [-0.15, -0.1) is 5.06 Å². The summed E-state index contributed by atoms with van der Waals surface area (Å²) in [5, 5.41) is 1.19. The molecule has 1 atom stereocenters. The summed E-state index contributed by atoms with van der Waals surface area (Å²) < 4.78 is 124. The summed E-state index contributed by atoms with van der Waals surface area (Å²) >= 11 is 0. The van der Waals surface area contributed by atoms with Gasteiger partial charge in [-0.25, -0.2) is 34.6 Å². The molecule has 1 unspecified atom stereocenters. The van der Waals surface area contributed by atoms with Crippen molar-refractivity contribution in [1.82, 2.24) is 9.64 Å². The van der Waals surface area contributed by atoms with Gasteiger partial charge in [0.2, 0.25) is 5.36 Å². The van der Waals surface area contributed by atoms with Gasteiger partial charge >= 0.3 is 65.1 Å². The molecular weight excluding hydrogens is 945 g/mol. The number of hydrogen-bond donors (Lipinski definition) is 0. The second-order valence-electron chi connectivity index (χ2n) is 15.5. The molecular formula is C42H51N3Na2O16S3. The molecule has 66 heavy (non-hydrogen) atoms. The maximum absolute atomic E-state index is 12.4. The predicted molar refractivity (Wildman–Crippen MR) is 228 cm³/mol. The van der Waals surface area contributed by atoms with E-state index in [1.165, 1.54) is 24.5 Å². The van der Waals surface area contributed by atoms with Crippen LogP contribution >= 0.6 is 0 Å². The topological polar surface area (TPSA) is 273 Å². The Hall–Kier alpha value is -2.81. The van der Waals surface area contributed by atoms with Crippen LogP contribution in [0.15, 0.2) is 75.9 Å². The molecule has 1 saturated heterocycles. The van der Waals surface area contributed by atoms with E-state index in [2.05, 4.69) is 0 Å². The molecule has 4 aliphatic rings. The molecule has 0 bridgehead atoms. The number of carbonyl (C=O) groups is 3. The molecule has 0 spiro atoms. The third-order valence-electron chi connectivity index (χ3n) is 10.9. The normalized spacial score (nSPS) is 17.6. The molecule has 1 aromatic carbocycles. The van der Waals surface area contributed by atoms with E-state index in [0.29, 0.717) is 90.9 Å². The molecule has 19 nitrogen and oxygen atoms in total. The third kappa shape index (κ3) is 16.4. The van der Waals surface area contributed by atoms with Crippen molar-refractivity contribution in [2.24, 2.45) is 0 Å². The molecule has 2 amide bonds. The monoisotopic (exact) mass is 995 g/mol. The molecule has 5 rings (SSSR count). The van der Waals surface area contributed by atoms with Gasteiger partial charge in [-0.2, -0.15) is 0 Å². The maximum Gasteiger partial charge on any atom is 1.00 e. The quantitative estimate of drug-likeness (QED) is 0.0282. The number of carbonyl (C=O) groups excluding carboxylic acids is 3. The van der Waals surface area contributed by atoms with Crippen molar-refractivity contribution in [3.63, 3.8) is 0 Å². The molecule has 1 fully saturated rings. The minimum absolute atomic E-state index is 0. The average molecular weight is 996 g/mol. The first kappa shape index (κ1) is 57.5. The van der Waals surface area contributed by atoms with Gasteiger partial charge in [0.05, 0.1) is 50.7 Å². The van der Waals surface area contributed by atoms with Crippen molar-refractivity contribution >= 4 is 59.9 Å². The molecule has 0 saturated carbocycles. The van der Waals surface area contributed by atoms with Gasteiger partial charge in [0.1, 0.15) is 29.0 Å². The molecule has 3 heterocycles. The van der Waals surface area contributed by atoms with Crippen LogP contribution in [0.1, 0.15) is 75.8 Å². The molecule has 0 N–H and O–H groups in total. The Morgan fingerprint density at radius 1 is 0.848 bits per heavy atom. The van der Waals surface area contributed by atoms with E-state index in [-0.39, 0.29) is 104 Å². The molecule has 1 aromatic rings. The zero-order chi connectivity index (χ0) is 46.7. The Bertz CT molecular complexity index is 2620. The van der Waals surface area contributed by atoms with E-state index in [1.807, 2.05) is 27.7 Å². The number of hydrogen-bond acceptors (Lipinski definition) is 17. The summed E-state index contributed by atoms with van der Waals surface area (Å²) in [7, 11) is -12.4. The number of anilines is 1. The number of ether oxygens (including phenoxy) is 2. The first-order chi connectivity index (χ1) is 30.2. The van der Waals surface area contributed by atoms with Crippen LogP contribution < -0.4 is 73.9 Å². The van der Waals surface area contributed by atoms with Crippen molar-refractivity contribution < 1.29 is 131 Å². The van der Waals surface area contributed by atoms with Gasteiger partial charge < -0.3 is 37.3 Å². The molecule has 1 aliphatic carbocycles. The molecule has 24 heteroatoms. The van der Waals surface area contributed by atoms with Crippen LogP contribution in [-0.2, 0) is 64.5 Å². The van der Waals surface area contributed by atoms with E-state index in [0.717, 1.165) is 5.56 Å². The zero-order valence-corrected chi connectivity index (χ0v) is 43.9. The number of unbranched alkanes of at least 4 members (excludes halogenated alkanes) is 2. The van der Waals surface area contributed by atoms with Crippen LogP contribution in [0, 0.1) is 0 Å². The van der Waals surface area contributed by atoms with Crippen LogP contribution in [0.2, 0.25) is 0 Å². The van der Waals surface area contributed by atoms with Crippen molar-refractivity contribution in [1.29, 1.82) is 0 Å². The number of allylic oxidation sites excluding steroid dienone is 3. The fourth-order valence-electron chi connectivity index (χ4n) is 7.74. The number of benzene rings is 2. The number of methoxy groups -OCH3 is 1. The van der Waals surface area contributed by atoms with E-state index >= 15 is 0 Å². The Labute approximate surface area is 429 Å². The fraction of sp³-hybridized carbons (Fsp3) is 0.476. The smallest absolute Gasteiger partial charge is 0.748 e. The largest absolute Gasteiger partial charge is 1.00 e. The van der Waals surface area contributed by atoms with Crippen LogP contribution in [0.4, 0.5) is 5.69 Å². The summed E-state index contributed by atoms with van der Waals surface area (Å²) in [5.74, 6) is -2.63. The number of imide groups is 1. The summed E-state index contributed by atoms with van der Waals surface area (Å²) in [4.78, 5) is 42.5. The summed E-state index contributed by atoms with van der Waals surface area (Å²) in [6, 6.07) is 11.2. The average Bonchev–Trinajstić information content (AvgIpc) is 3.65. The number of amides is 2. The van der Waals surface area contributed by atoms with E-state index in [9.17, 15) is 53.3 Å². The Morgan fingerprint density at radius 3 is 2.21 bits per heavy atom. The minimum Gasteiger partial charge on any atom is -0.748 e. The van der Waals surface area contributed by atoms with Crippen LogP contribution in [0.25, 0.3) is 17.4 Å². The van der Waals surface area contributed by atoms with E-state index in [4.69, 9.17) is 18.7 Å². The van der Waals surface area contributed by atoms with Gasteiger partial charge in [0.15, 0.2) is 6.54 Å². The van der Waals surface area contributed by atoms with Crippen molar-refractivity contribution in [3.8, 4) is 11.3 Å². The van der Waals surface area contributed by atoms with Gasteiger partial charge in [-0.1, -0.05) is 18.6 Å². The Balaban J connectivity index is 0.00000578. The third-order valence-corrected chi connectivity index (χ3v) is 13.3. The Kier molecular flexibility index (Phi) is 22.4. The zero-order valence-electron chi connectivity index (χ0n) is 37.5. The van der Waals surface area contributed by atoms with Crippen molar-refractivity contribution in [2.75, 3.05) is 63.0 Å². The standard InChI is InChI=1S/C42H53N3O16S3.2Na/c1-42(19-7-27-62(49,50)51)35-30-33(64(55,56)57)13-15-36(35)44(21-5-3-4-11-41(48)61-45-39(46)16-17-40(45)47)38(42)10-6-9-31-18-23-60-37-29-32(12-14-34(31)37)43(20-8-28-63(52,53)54)22-24-59-26-25-58-2;;/h6,9-10,12-15,18,23,29-30H,3-5,7-8,11,16-17,19-22,24-28H2,1-2H3,(H2-,49,50,51,52,53,54,55,56,57);;/q;2*+1/p-2. The maximum atomic E-state index is 12.4. The summed E-state index contributed by atoms with van der Waals surface area (Å²) in [6.07, 6.45) is 8.14. The van der Waals surface area contributed by atoms with Crippen molar-refractivity contribution in [2.45, 2.75) is 75.0 Å². The number of fused-ring (bicyclic) bond motifs is 2. The van der Waals surface area contributed by atoms with Crippen LogP contribution in [0.3, 0.4) is 0 Å². The first-order valence-electron chi connectivity index (χ1n) is 20.6. The summed E-state index contributed by atoms with van der Waals surface area (Å²) in [5.41, 5.74) is 1.95. The summed E-state index contributed by atoms with van der Waals surface area (Å²) in [6.45, 7) is 3.81. The predicted octanol–water partition coefficient (Wildman–Crippen LogP) is -3.16. The Morgan fingerprint density at radius 2 is 1.55 bits per heavy atom. The minimum atomic E-state index is -4.90. The van der Waals surface area contributed by atoms with Crippen LogP contribution in [-0.4, -0.2) is 120 Å². The second kappa shape index (κ2) is 25.7. The second-order valence-corrected chi connectivity index (χ2v) is 19.9. The molecule has 0 radical (unpaired) electrons. The molecule has 3 aliphatic heterocycles. The van der Waals surface area contributed by atoms with Gasteiger partial charge in [-0.05, 0) is 80.1 Å². The van der Waals surface area contributed by atoms with Gasteiger partial charge in [-0.3, -0.25) is 9.59 Å². The van der Waals surface area contributed by atoms with E-state index < -0.39 is 70.0 Å². The number of rotatable bonds is 24. The van der Waals surface area contributed by atoms with E-state index in [1.54, 1.807) is 38.3 Å². The first-order valence-corrected chi connectivity index (χ1v) is 25.1. The number of hydroxylamine groups is 2. The van der Waals surface area contributed by atoms with Gasteiger partial charge in [0.25, 0.3) is 11.8 Å².